The number of pyridine rings is 1. The van der Waals surface area contributed by atoms with E-state index < -0.39 is 0 Å². The summed E-state index contributed by atoms with van der Waals surface area (Å²) in [6.45, 7) is 6.86. The molecule has 2 aromatic rings. The third-order valence-electron chi connectivity index (χ3n) is 5.50. The molecule has 0 radical (unpaired) electrons. The molecule has 28 heavy (non-hydrogen) atoms. The summed E-state index contributed by atoms with van der Waals surface area (Å²) >= 11 is 0. The van der Waals surface area contributed by atoms with Crippen molar-refractivity contribution in [1.29, 1.82) is 0 Å². The number of piperazine rings is 1. The largest absolute Gasteiger partial charge is 0.420 e. The Bertz CT molecular complexity index is 807. The van der Waals surface area contributed by atoms with E-state index in [0.717, 1.165) is 37.3 Å². The first-order valence-electron chi connectivity index (χ1n) is 10.2. The minimum absolute atomic E-state index is 0.0614. The lowest BCUT2D eigenvalue weighted by molar-refractivity contribution is 0.190. The molecule has 3 heterocycles. The van der Waals surface area contributed by atoms with Crippen molar-refractivity contribution in [1.82, 2.24) is 25.4 Å². The van der Waals surface area contributed by atoms with Crippen molar-refractivity contribution in [2.24, 2.45) is 0 Å². The average molecular weight is 384 g/mol. The molecule has 0 atom stereocenters. The zero-order valence-electron chi connectivity index (χ0n) is 16.6. The van der Waals surface area contributed by atoms with Gasteiger partial charge >= 0.3 is 6.03 Å². The molecule has 1 saturated heterocycles. The molecule has 2 amide bonds. The van der Waals surface area contributed by atoms with Gasteiger partial charge in [-0.25, -0.2) is 9.78 Å². The van der Waals surface area contributed by atoms with E-state index in [1.807, 2.05) is 30.9 Å². The molecule has 8 nitrogen and oxygen atoms in total. The van der Waals surface area contributed by atoms with Crippen molar-refractivity contribution in [3.63, 3.8) is 0 Å². The summed E-state index contributed by atoms with van der Waals surface area (Å²) in [7, 11) is 0. The maximum absolute atomic E-state index is 12.5. The highest BCUT2D eigenvalue weighted by molar-refractivity contribution is 5.75. The first-order valence-corrected chi connectivity index (χ1v) is 10.2. The van der Waals surface area contributed by atoms with Crippen molar-refractivity contribution in [2.75, 3.05) is 31.1 Å². The second-order valence-corrected chi connectivity index (χ2v) is 7.88. The van der Waals surface area contributed by atoms with E-state index in [4.69, 9.17) is 4.42 Å². The summed E-state index contributed by atoms with van der Waals surface area (Å²) in [5, 5.41) is 11.5. The van der Waals surface area contributed by atoms with Crippen LogP contribution in [0.25, 0.3) is 11.5 Å². The Morgan fingerprint density at radius 3 is 2.61 bits per heavy atom. The van der Waals surface area contributed by atoms with Gasteiger partial charge in [0.15, 0.2) is 0 Å². The Labute approximate surface area is 165 Å². The van der Waals surface area contributed by atoms with Crippen LogP contribution in [0, 0.1) is 0 Å². The van der Waals surface area contributed by atoms with Crippen molar-refractivity contribution in [3.05, 3.63) is 24.2 Å². The van der Waals surface area contributed by atoms with Crippen molar-refractivity contribution < 1.29 is 9.21 Å². The second kappa shape index (κ2) is 8.16. The number of nitrogens with zero attached hydrogens (tertiary/aromatic N) is 5. The van der Waals surface area contributed by atoms with E-state index in [0.29, 0.717) is 30.9 Å². The van der Waals surface area contributed by atoms with E-state index in [-0.39, 0.29) is 11.9 Å². The third-order valence-corrected chi connectivity index (χ3v) is 5.50. The van der Waals surface area contributed by atoms with Crippen LogP contribution in [-0.4, -0.2) is 58.3 Å². The molecule has 0 unspecified atom stereocenters. The zero-order valence-corrected chi connectivity index (χ0v) is 16.6. The van der Waals surface area contributed by atoms with Crippen molar-refractivity contribution in [2.45, 2.75) is 51.5 Å². The highest BCUT2D eigenvalue weighted by atomic mass is 16.4. The minimum Gasteiger partial charge on any atom is -0.420 e. The third kappa shape index (κ3) is 3.95. The molecule has 2 aliphatic rings. The maximum Gasteiger partial charge on any atom is 0.317 e. The molecule has 2 aromatic heterocycles. The van der Waals surface area contributed by atoms with Gasteiger partial charge in [-0.2, -0.15) is 0 Å². The van der Waals surface area contributed by atoms with Gasteiger partial charge in [-0.15, -0.1) is 10.2 Å². The fourth-order valence-electron chi connectivity index (χ4n) is 3.85. The molecule has 0 bridgehead atoms. The Hall–Kier alpha value is -2.64. The van der Waals surface area contributed by atoms with Crippen LogP contribution >= 0.6 is 0 Å². The molecule has 150 valence electrons. The van der Waals surface area contributed by atoms with Gasteiger partial charge in [-0.05, 0) is 25.0 Å². The normalized spacial score (nSPS) is 18.1. The van der Waals surface area contributed by atoms with Gasteiger partial charge in [0.2, 0.25) is 5.89 Å². The number of amides is 2. The van der Waals surface area contributed by atoms with E-state index in [9.17, 15) is 4.79 Å². The van der Waals surface area contributed by atoms with Crippen LogP contribution < -0.4 is 10.2 Å². The Morgan fingerprint density at radius 2 is 1.93 bits per heavy atom. The lowest BCUT2D eigenvalue weighted by Crippen LogP contribution is -2.53. The molecule has 1 N–H and O–H groups in total. The molecule has 1 aliphatic heterocycles. The summed E-state index contributed by atoms with van der Waals surface area (Å²) in [6.07, 6.45) is 6.42. The summed E-state index contributed by atoms with van der Waals surface area (Å²) in [4.78, 5) is 21.2. The summed E-state index contributed by atoms with van der Waals surface area (Å²) in [5.74, 6) is 2.13. The fourth-order valence-corrected chi connectivity index (χ4v) is 3.85. The van der Waals surface area contributed by atoms with Crippen LogP contribution in [0.2, 0.25) is 0 Å². The van der Waals surface area contributed by atoms with Gasteiger partial charge in [-0.3, -0.25) is 0 Å². The molecule has 0 aromatic carbocycles. The number of rotatable bonds is 4. The summed E-state index contributed by atoms with van der Waals surface area (Å²) < 4.78 is 5.83. The molecule has 2 fully saturated rings. The summed E-state index contributed by atoms with van der Waals surface area (Å²) in [5.41, 5.74) is 0.839. The molecule has 1 saturated carbocycles. The van der Waals surface area contributed by atoms with Gasteiger partial charge < -0.3 is 19.5 Å². The van der Waals surface area contributed by atoms with Crippen LogP contribution in [0.5, 0.6) is 0 Å². The summed E-state index contributed by atoms with van der Waals surface area (Å²) in [6, 6.07) is 4.24. The molecular formula is C20H28N6O2. The first kappa shape index (κ1) is 18.7. The van der Waals surface area contributed by atoms with E-state index in [2.05, 4.69) is 25.4 Å². The minimum atomic E-state index is 0.0614. The Balaban J connectivity index is 1.42. The highest BCUT2D eigenvalue weighted by Crippen LogP contribution is 2.29. The predicted molar refractivity (Wildman–Crippen MR) is 106 cm³/mol. The molecule has 0 spiro atoms. The topological polar surface area (TPSA) is 87.4 Å². The number of urea groups is 1. The van der Waals surface area contributed by atoms with Gasteiger partial charge in [0.25, 0.3) is 5.89 Å². The van der Waals surface area contributed by atoms with Crippen LogP contribution in [-0.2, 0) is 0 Å². The number of hydrogen-bond acceptors (Lipinski definition) is 6. The van der Waals surface area contributed by atoms with Gasteiger partial charge in [0.1, 0.15) is 5.82 Å². The average Bonchev–Trinajstić information content (AvgIpc) is 3.40. The van der Waals surface area contributed by atoms with E-state index >= 15 is 0 Å². The van der Waals surface area contributed by atoms with Gasteiger partial charge in [0, 0.05) is 44.3 Å². The number of hydrogen-bond donors (Lipinski definition) is 1. The smallest absolute Gasteiger partial charge is 0.317 e. The van der Waals surface area contributed by atoms with E-state index in [1.165, 1.54) is 12.8 Å². The number of aromatic nitrogens is 3. The molecular weight excluding hydrogens is 356 g/mol. The van der Waals surface area contributed by atoms with Crippen LogP contribution in [0.4, 0.5) is 10.6 Å². The Morgan fingerprint density at radius 1 is 1.18 bits per heavy atom. The number of anilines is 1. The number of carbonyl (C=O) groups is 1. The SMILES string of the molecule is CC(C)c1nnc(-c2cccnc2N2CCN(C(=O)NC3CCCC3)CC2)o1. The lowest BCUT2D eigenvalue weighted by atomic mass is 10.2. The Kier molecular flexibility index (Phi) is 5.45. The van der Waals surface area contributed by atoms with Crippen LogP contribution in [0.1, 0.15) is 51.3 Å². The van der Waals surface area contributed by atoms with Crippen LogP contribution in [0.3, 0.4) is 0 Å². The molecule has 1 aliphatic carbocycles. The number of carbonyl (C=O) groups excluding carboxylic acids is 1. The number of nitrogens with one attached hydrogen (secondary N) is 1. The second-order valence-electron chi connectivity index (χ2n) is 7.88. The maximum atomic E-state index is 12.5. The molecule has 4 rings (SSSR count). The zero-order chi connectivity index (χ0) is 19.5. The van der Waals surface area contributed by atoms with E-state index in [1.54, 1.807) is 6.20 Å². The highest BCUT2D eigenvalue weighted by Gasteiger charge is 2.27. The monoisotopic (exact) mass is 384 g/mol. The molecule has 8 heteroatoms. The van der Waals surface area contributed by atoms with Gasteiger partial charge in [0.05, 0.1) is 5.56 Å². The predicted octanol–water partition coefficient (Wildman–Crippen LogP) is 3.03. The van der Waals surface area contributed by atoms with Crippen molar-refractivity contribution >= 4 is 11.8 Å². The fraction of sp³-hybridized carbons (Fsp3) is 0.600. The standard InChI is InChI=1S/C20H28N6O2/c1-14(2)18-23-24-19(28-18)16-8-5-9-21-17(16)25-10-12-26(13-11-25)20(27)22-15-6-3-4-7-15/h5,8-9,14-15H,3-4,6-7,10-13H2,1-2H3,(H,22,27). The quantitative estimate of drug-likeness (QED) is 0.872. The van der Waals surface area contributed by atoms with Crippen molar-refractivity contribution in [3.8, 4) is 11.5 Å². The first-order chi connectivity index (χ1) is 13.6. The van der Waals surface area contributed by atoms with Crippen LogP contribution in [0.15, 0.2) is 22.7 Å². The lowest BCUT2D eigenvalue weighted by Gasteiger charge is -2.36. The van der Waals surface area contributed by atoms with Gasteiger partial charge in [-0.1, -0.05) is 26.7 Å².